The summed E-state index contributed by atoms with van der Waals surface area (Å²) in [6, 6.07) is 0. The number of ketones is 1. The van der Waals surface area contributed by atoms with Crippen molar-refractivity contribution in [2.75, 3.05) is 0 Å². The Morgan fingerprint density at radius 3 is 1.83 bits per heavy atom. The maximum atomic E-state index is 10.8. The fourth-order valence-electron chi connectivity index (χ4n) is 0.560. The quantitative estimate of drug-likeness (QED) is 0.608. The van der Waals surface area contributed by atoms with Crippen LogP contribution < -0.4 is 0 Å². The monoisotopic (exact) mass is 205 g/mol. The standard InChI is InChI=1S/C6H3Cl2NO.C2H6/c7-4-1-3(9)2-5(8)6(4)10;1-2/h1-2,9H;1-2H3. The van der Waals surface area contributed by atoms with E-state index in [2.05, 4.69) is 0 Å². The van der Waals surface area contributed by atoms with Crippen LogP contribution in [0.5, 0.6) is 0 Å². The summed E-state index contributed by atoms with van der Waals surface area (Å²) in [5, 5.41) is 7.06. The lowest BCUT2D eigenvalue weighted by Crippen LogP contribution is -2.06. The minimum atomic E-state index is -0.417. The second kappa shape index (κ2) is 5.12. The van der Waals surface area contributed by atoms with Gasteiger partial charge in [0.15, 0.2) is 0 Å². The zero-order chi connectivity index (χ0) is 9.72. The summed E-state index contributed by atoms with van der Waals surface area (Å²) in [4.78, 5) is 10.8. The fraction of sp³-hybridized carbons (Fsp3) is 0.250. The van der Waals surface area contributed by atoms with Crippen molar-refractivity contribution >= 4 is 34.7 Å². The first kappa shape index (κ1) is 11.4. The smallest absolute Gasteiger partial charge is 0.215 e. The second-order valence-corrected chi connectivity index (χ2v) is 2.58. The number of hydrogen-bond acceptors (Lipinski definition) is 2. The number of halogens is 2. The Morgan fingerprint density at radius 1 is 1.17 bits per heavy atom. The zero-order valence-electron chi connectivity index (χ0n) is 6.82. The highest BCUT2D eigenvalue weighted by molar-refractivity contribution is 6.57. The van der Waals surface area contributed by atoms with Crippen LogP contribution in [-0.4, -0.2) is 11.5 Å². The molecule has 0 unspecified atom stereocenters. The van der Waals surface area contributed by atoms with E-state index in [4.69, 9.17) is 28.6 Å². The molecule has 0 saturated heterocycles. The first-order chi connectivity index (χ1) is 5.61. The summed E-state index contributed by atoms with van der Waals surface area (Å²) in [5.74, 6) is -0.417. The van der Waals surface area contributed by atoms with E-state index in [-0.39, 0.29) is 15.8 Å². The molecule has 66 valence electrons. The molecule has 0 aromatic rings. The van der Waals surface area contributed by atoms with Crippen molar-refractivity contribution in [3.63, 3.8) is 0 Å². The van der Waals surface area contributed by atoms with Crippen LogP contribution in [0.1, 0.15) is 13.8 Å². The van der Waals surface area contributed by atoms with Gasteiger partial charge in [-0.15, -0.1) is 0 Å². The number of hydrogen-bond donors (Lipinski definition) is 1. The van der Waals surface area contributed by atoms with Gasteiger partial charge in [0, 0.05) is 0 Å². The molecule has 0 amide bonds. The summed E-state index contributed by atoms with van der Waals surface area (Å²) in [7, 11) is 0. The van der Waals surface area contributed by atoms with E-state index in [9.17, 15) is 4.79 Å². The van der Waals surface area contributed by atoms with Crippen LogP contribution in [0.25, 0.3) is 0 Å². The summed E-state index contributed by atoms with van der Waals surface area (Å²) in [5.41, 5.74) is 0.148. The number of Topliss-reactive ketones (excluding diaryl/α,β-unsaturated/α-hetero) is 1. The molecule has 1 aliphatic carbocycles. The lowest BCUT2D eigenvalue weighted by Gasteiger charge is -2.02. The van der Waals surface area contributed by atoms with Gasteiger partial charge in [-0.2, -0.15) is 0 Å². The molecular formula is C8H9Cl2NO. The average molecular weight is 206 g/mol. The fourth-order valence-corrected chi connectivity index (χ4v) is 1.05. The molecule has 1 rings (SSSR count). The van der Waals surface area contributed by atoms with Gasteiger partial charge in [-0.1, -0.05) is 37.0 Å². The Balaban J connectivity index is 0.000000561. The van der Waals surface area contributed by atoms with Crippen LogP contribution in [0.4, 0.5) is 0 Å². The highest BCUT2D eigenvalue weighted by Gasteiger charge is 2.15. The SMILES string of the molecule is CC.N=C1C=C(Cl)C(=O)C(Cl)=C1. The van der Waals surface area contributed by atoms with Gasteiger partial charge in [0.2, 0.25) is 5.78 Å². The van der Waals surface area contributed by atoms with Gasteiger partial charge >= 0.3 is 0 Å². The van der Waals surface area contributed by atoms with Crippen molar-refractivity contribution in [2.24, 2.45) is 0 Å². The highest BCUT2D eigenvalue weighted by Crippen LogP contribution is 2.18. The predicted octanol–water partition coefficient (Wildman–Crippen LogP) is 2.86. The number of carbonyl (C=O) groups excluding carboxylic acids is 1. The summed E-state index contributed by atoms with van der Waals surface area (Å²) in [6.45, 7) is 4.00. The van der Waals surface area contributed by atoms with E-state index in [1.807, 2.05) is 13.8 Å². The molecule has 12 heavy (non-hydrogen) atoms. The van der Waals surface area contributed by atoms with Gasteiger partial charge in [-0.05, 0) is 12.2 Å². The van der Waals surface area contributed by atoms with Gasteiger partial charge in [-0.3, -0.25) is 4.79 Å². The van der Waals surface area contributed by atoms with E-state index in [0.29, 0.717) is 0 Å². The van der Waals surface area contributed by atoms with Crippen molar-refractivity contribution in [2.45, 2.75) is 13.8 Å². The minimum absolute atomic E-state index is 0.00231. The van der Waals surface area contributed by atoms with E-state index in [0.717, 1.165) is 0 Å². The Hall–Kier alpha value is -0.600. The molecule has 2 nitrogen and oxygen atoms in total. The highest BCUT2D eigenvalue weighted by atomic mass is 35.5. The molecular weight excluding hydrogens is 197 g/mol. The van der Waals surface area contributed by atoms with Gasteiger partial charge in [0.25, 0.3) is 0 Å². The van der Waals surface area contributed by atoms with Crippen LogP contribution >= 0.6 is 23.2 Å². The topological polar surface area (TPSA) is 40.9 Å². The van der Waals surface area contributed by atoms with Crippen molar-refractivity contribution in [3.05, 3.63) is 22.2 Å². The van der Waals surface area contributed by atoms with Crippen LogP contribution in [0, 0.1) is 5.41 Å². The molecule has 0 aromatic carbocycles. The number of nitrogens with one attached hydrogen (secondary N) is 1. The zero-order valence-corrected chi connectivity index (χ0v) is 8.33. The van der Waals surface area contributed by atoms with E-state index < -0.39 is 5.78 Å². The summed E-state index contributed by atoms with van der Waals surface area (Å²) < 4.78 is 0. The maximum Gasteiger partial charge on any atom is 0.215 e. The van der Waals surface area contributed by atoms with Crippen molar-refractivity contribution in [1.82, 2.24) is 0 Å². The summed E-state index contributed by atoms with van der Waals surface area (Å²) in [6.07, 6.45) is 2.52. The third-order valence-electron chi connectivity index (χ3n) is 0.998. The third kappa shape index (κ3) is 2.80. The van der Waals surface area contributed by atoms with Gasteiger partial charge in [-0.25, -0.2) is 0 Å². The van der Waals surface area contributed by atoms with E-state index in [1.54, 1.807) is 0 Å². The van der Waals surface area contributed by atoms with Crippen LogP contribution in [0.3, 0.4) is 0 Å². The number of carbonyl (C=O) groups is 1. The van der Waals surface area contributed by atoms with Crippen LogP contribution in [-0.2, 0) is 4.79 Å². The van der Waals surface area contributed by atoms with Gasteiger partial charge < -0.3 is 5.41 Å². The second-order valence-electron chi connectivity index (χ2n) is 1.77. The molecule has 4 heteroatoms. The van der Waals surface area contributed by atoms with E-state index in [1.165, 1.54) is 12.2 Å². The van der Waals surface area contributed by atoms with Crippen LogP contribution in [0.15, 0.2) is 22.2 Å². The van der Waals surface area contributed by atoms with E-state index >= 15 is 0 Å². The lowest BCUT2D eigenvalue weighted by molar-refractivity contribution is -0.111. The molecule has 0 bridgehead atoms. The van der Waals surface area contributed by atoms with Crippen molar-refractivity contribution < 1.29 is 4.79 Å². The Morgan fingerprint density at radius 2 is 1.50 bits per heavy atom. The average Bonchev–Trinajstić information content (AvgIpc) is 2.04. The first-order valence-corrected chi connectivity index (χ1v) is 4.24. The molecule has 0 fully saturated rings. The van der Waals surface area contributed by atoms with Crippen molar-refractivity contribution in [1.29, 1.82) is 5.41 Å². The molecule has 0 radical (unpaired) electrons. The molecule has 1 N–H and O–H groups in total. The predicted molar refractivity (Wildman–Crippen MR) is 52.0 cm³/mol. The minimum Gasteiger partial charge on any atom is -0.301 e. The van der Waals surface area contributed by atoms with Crippen molar-refractivity contribution in [3.8, 4) is 0 Å². The summed E-state index contributed by atoms with van der Waals surface area (Å²) >= 11 is 10.8. The molecule has 0 heterocycles. The Labute approximate surface area is 81.4 Å². The molecule has 0 aliphatic heterocycles. The molecule has 0 spiro atoms. The third-order valence-corrected chi connectivity index (χ3v) is 1.56. The number of allylic oxidation sites excluding steroid dienone is 4. The Kier molecular flexibility index (Phi) is 4.86. The largest absolute Gasteiger partial charge is 0.301 e. The Bertz CT molecular complexity index is 242. The lowest BCUT2D eigenvalue weighted by atomic mass is 10.1. The van der Waals surface area contributed by atoms with Gasteiger partial charge in [0.1, 0.15) is 0 Å². The van der Waals surface area contributed by atoms with Crippen LogP contribution in [0.2, 0.25) is 0 Å². The normalized spacial score (nSPS) is 16.0. The molecule has 0 atom stereocenters. The number of rotatable bonds is 0. The molecule has 0 saturated carbocycles. The maximum absolute atomic E-state index is 10.8. The van der Waals surface area contributed by atoms with Gasteiger partial charge in [0.05, 0.1) is 15.8 Å². The molecule has 0 aromatic heterocycles. The first-order valence-electron chi connectivity index (χ1n) is 3.49. The molecule has 1 aliphatic rings.